The van der Waals surface area contributed by atoms with E-state index in [-0.39, 0.29) is 38.0 Å². The lowest BCUT2D eigenvalue weighted by atomic mass is 9.95. The molecule has 2 rings (SSSR count). The molecule has 41 heavy (non-hydrogen) atoms. The number of ketones is 2. The number of allylic oxidation sites excluding steroid dienone is 2. The van der Waals surface area contributed by atoms with Crippen molar-refractivity contribution in [2.24, 2.45) is 0 Å². The van der Waals surface area contributed by atoms with E-state index in [2.05, 4.69) is 13.2 Å². The molecule has 0 aliphatic heterocycles. The zero-order valence-electron chi connectivity index (χ0n) is 24.9. The lowest BCUT2D eigenvalue weighted by Gasteiger charge is -2.14. The first-order valence-corrected chi connectivity index (χ1v) is 13.6. The van der Waals surface area contributed by atoms with Crippen LogP contribution in [-0.4, -0.2) is 49.9 Å². The smallest absolute Gasteiger partial charge is 0.344 e. The third-order valence-corrected chi connectivity index (χ3v) is 6.97. The molecule has 220 valence electrons. The molecule has 0 aliphatic carbocycles. The van der Waals surface area contributed by atoms with Crippen LogP contribution in [0.1, 0.15) is 76.1 Å². The van der Waals surface area contributed by atoms with Crippen molar-refractivity contribution in [3.63, 3.8) is 0 Å². The normalized spacial score (nSPS) is 10.5. The van der Waals surface area contributed by atoms with Crippen LogP contribution in [0.4, 0.5) is 0 Å². The van der Waals surface area contributed by atoms with Crippen LogP contribution in [0.25, 0.3) is 0 Å². The van der Waals surface area contributed by atoms with Gasteiger partial charge < -0.3 is 18.9 Å². The van der Waals surface area contributed by atoms with Crippen LogP contribution in [-0.2, 0) is 19.1 Å². The molecule has 0 saturated carbocycles. The van der Waals surface area contributed by atoms with Crippen molar-refractivity contribution in [3.8, 4) is 11.5 Å². The molecule has 0 aromatic heterocycles. The molecule has 2 aromatic rings. The van der Waals surface area contributed by atoms with Gasteiger partial charge in [0.05, 0.1) is 13.2 Å². The van der Waals surface area contributed by atoms with Crippen LogP contribution in [0, 0.1) is 27.7 Å². The number of carbonyl (C=O) groups excluding carboxylic acids is 4. The molecule has 0 aliphatic rings. The average molecular weight is 565 g/mol. The molecule has 0 amide bonds. The van der Waals surface area contributed by atoms with Crippen molar-refractivity contribution in [1.82, 2.24) is 0 Å². The van der Waals surface area contributed by atoms with Gasteiger partial charge in [0.25, 0.3) is 0 Å². The van der Waals surface area contributed by atoms with Crippen LogP contribution < -0.4 is 9.47 Å². The highest BCUT2D eigenvalue weighted by molar-refractivity contribution is 6.10. The molecule has 0 N–H and O–H groups in total. The number of hydrogen-bond acceptors (Lipinski definition) is 8. The maximum atomic E-state index is 12.5. The second-order valence-electron chi connectivity index (χ2n) is 9.67. The Kier molecular flexibility index (Phi) is 12.5. The summed E-state index contributed by atoms with van der Waals surface area (Å²) in [5, 5.41) is 0. The van der Waals surface area contributed by atoms with Gasteiger partial charge >= 0.3 is 11.9 Å². The van der Waals surface area contributed by atoms with E-state index in [4.69, 9.17) is 18.9 Å². The SMILES string of the molecule is C=C(CC)C(=O)c1ccc(OCC(=O)OCCCOC(=O)COc2ccc(C(=O)C(=C)CC)c(C)c2C)c(C)c1C. The first-order valence-electron chi connectivity index (χ1n) is 13.6. The van der Waals surface area contributed by atoms with Gasteiger partial charge in [0.1, 0.15) is 11.5 Å². The van der Waals surface area contributed by atoms with Gasteiger partial charge in [0.15, 0.2) is 24.8 Å². The molecular formula is C33H40O8. The molecule has 0 saturated heterocycles. The van der Waals surface area contributed by atoms with E-state index < -0.39 is 11.9 Å². The van der Waals surface area contributed by atoms with E-state index >= 15 is 0 Å². The minimum absolute atomic E-state index is 0.0533. The molecule has 0 heterocycles. The summed E-state index contributed by atoms with van der Waals surface area (Å²) in [5.74, 6) is -0.344. The Morgan fingerprint density at radius 1 is 0.610 bits per heavy atom. The Balaban J connectivity index is 1.73. The van der Waals surface area contributed by atoms with Gasteiger partial charge in [0, 0.05) is 17.5 Å². The zero-order valence-corrected chi connectivity index (χ0v) is 24.9. The van der Waals surface area contributed by atoms with Gasteiger partial charge in [-0.2, -0.15) is 0 Å². The van der Waals surface area contributed by atoms with Crippen LogP contribution in [0.5, 0.6) is 11.5 Å². The summed E-state index contributed by atoms with van der Waals surface area (Å²) in [6.07, 6.45) is 1.45. The number of rotatable bonds is 16. The maximum absolute atomic E-state index is 12.5. The van der Waals surface area contributed by atoms with E-state index in [0.29, 0.717) is 53.0 Å². The molecule has 0 atom stereocenters. The largest absolute Gasteiger partial charge is 0.482 e. The summed E-state index contributed by atoms with van der Waals surface area (Å²) in [6, 6.07) is 6.67. The average Bonchev–Trinajstić information content (AvgIpc) is 2.96. The summed E-state index contributed by atoms with van der Waals surface area (Å²) >= 11 is 0. The second-order valence-corrected chi connectivity index (χ2v) is 9.67. The third kappa shape index (κ3) is 8.90. The molecule has 0 spiro atoms. The van der Waals surface area contributed by atoms with Crippen molar-refractivity contribution in [2.75, 3.05) is 26.4 Å². The van der Waals surface area contributed by atoms with E-state index in [9.17, 15) is 19.2 Å². The fourth-order valence-corrected chi connectivity index (χ4v) is 3.89. The second kappa shape index (κ2) is 15.6. The fraction of sp³-hybridized carbons (Fsp3) is 0.394. The van der Waals surface area contributed by atoms with Crippen molar-refractivity contribution in [3.05, 3.63) is 82.0 Å². The minimum atomic E-state index is -0.563. The van der Waals surface area contributed by atoms with E-state index in [1.165, 1.54) is 0 Å². The number of ether oxygens (including phenoxy) is 4. The van der Waals surface area contributed by atoms with Crippen LogP contribution in [0.3, 0.4) is 0 Å². The molecule has 0 bridgehead atoms. The lowest BCUT2D eigenvalue weighted by Crippen LogP contribution is -2.19. The van der Waals surface area contributed by atoms with Crippen molar-refractivity contribution in [2.45, 2.75) is 60.8 Å². The topological polar surface area (TPSA) is 105 Å². The van der Waals surface area contributed by atoms with Gasteiger partial charge in [-0.1, -0.05) is 27.0 Å². The van der Waals surface area contributed by atoms with Crippen molar-refractivity contribution in [1.29, 1.82) is 0 Å². The molecular weight excluding hydrogens is 524 g/mol. The van der Waals surface area contributed by atoms with Crippen molar-refractivity contribution >= 4 is 23.5 Å². The Morgan fingerprint density at radius 2 is 0.976 bits per heavy atom. The maximum Gasteiger partial charge on any atom is 0.344 e. The summed E-state index contributed by atoms with van der Waals surface area (Å²) in [7, 11) is 0. The van der Waals surface area contributed by atoms with Crippen LogP contribution in [0.2, 0.25) is 0 Å². The molecule has 0 radical (unpaired) electrons. The highest BCUT2D eigenvalue weighted by Crippen LogP contribution is 2.27. The first kappa shape index (κ1) is 33.0. The zero-order chi connectivity index (χ0) is 30.7. The number of carbonyl (C=O) groups is 4. The number of Topliss-reactive ketones (excluding diaryl/α,β-unsaturated/α-hetero) is 2. The van der Waals surface area contributed by atoms with Gasteiger partial charge in [-0.25, -0.2) is 9.59 Å². The molecule has 0 unspecified atom stereocenters. The van der Waals surface area contributed by atoms with Gasteiger partial charge in [-0.3, -0.25) is 9.59 Å². The summed E-state index contributed by atoms with van der Waals surface area (Å²) < 4.78 is 21.5. The van der Waals surface area contributed by atoms with Gasteiger partial charge in [-0.15, -0.1) is 0 Å². The van der Waals surface area contributed by atoms with Crippen LogP contribution in [0.15, 0.2) is 48.6 Å². The fourth-order valence-electron chi connectivity index (χ4n) is 3.89. The Hall–Kier alpha value is -4.20. The summed E-state index contributed by atoms with van der Waals surface area (Å²) in [4.78, 5) is 49.1. The van der Waals surface area contributed by atoms with Gasteiger partial charge in [-0.05, 0) is 98.2 Å². The first-order chi connectivity index (χ1) is 19.4. The Bertz CT molecular complexity index is 1230. The Morgan fingerprint density at radius 3 is 1.32 bits per heavy atom. The Labute approximate surface area is 242 Å². The van der Waals surface area contributed by atoms with Crippen molar-refractivity contribution < 1.29 is 38.1 Å². The number of hydrogen-bond donors (Lipinski definition) is 0. The summed E-state index contributed by atoms with van der Waals surface area (Å²) in [6.45, 7) is 18.2. The molecule has 8 nitrogen and oxygen atoms in total. The lowest BCUT2D eigenvalue weighted by molar-refractivity contribution is -0.148. The summed E-state index contributed by atoms with van der Waals surface area (Å²) in [5.41, 5.74) is 5.28. The van der Waals surface area contributed by atoms with E-state index in [0.717, 1.165) is 22.3 Å². The predicted octanol–water partition coefficient (Wildman–Crippen LogP) is 6.15. The number of benzene rings is 2. The molecule has 8 heteroatoms. The standard InChI is InChI=1S/C33H40O8/c1-9-20(3)32(36)26-12-14-28(24(7)22(26)5)40-18-30(34)38-16-11-17-39-31(35)19-41-29-15-13-27(23(6)25(29)8)33(37)21(4)10-2/h12-15H,3-4,9-11,16-19H2,1-2,5-8H3. The predicted molar refractivity (Wildman–Crippen MR) is 157 cm³/mol. The van der Waals surface area contributed by atoms with E-state index in [1.54, 1.807) is 24.3 Å². The molecule has 2 aromatic carbocycles. The highest BCUT2D eigenvalue weighted by atomic mass is 16.6. The van der Waals surface area contributed by atoms with Crippen LogP contribution >= 0.6 is 0 Å². The minimum Gasteiger partial charge on any atom is -0.482 e. The quantitative estimate of drug-likeness (QED) is 0.103. The third-order valence-electron chi connectivity index (χ3n) is 6.97. The number of esters is 2. The molecule has 0 fully saturated rings. The van der Waals surface area contributed by atoms with Gasteiger partial charge in [0.2, 0.25) is 0 Å². The highest BCUT2D eigenvalue weighted by Gasteiger charge is 2.17. The van der Waals surface area contributed by atoms with E-state index in [1.807, 2.05) is 41.5 Å². The monoisotopic (exact) mass is 564 g/mol.